The summed E-state index contributed by atoms with van der Waals surface area (Å²) < 4.78 is 10.6. The molecule has 0 fully saturated rings. The Morgan fingerprint density at radius 1 is 1.18 bits per heavy atom. The average Bonchev–Trinajstić information content (AvgIpc) is 2.68. The van der Waals surface area contributed by atoms with Crippen molar-refractivity contribution in [2.45, 2.75) is 32.3 Å². The summed E-state index contributed by atoms with van der Waals surface area (Å²) >= 11 is 0. The number of ether oxygens (including phenoxy) is 2. The van der Waals surface area contributed by atoms with Crippen molar-refractivity contribution < 1.29 is 23.9 Å². The van der Waals surface area contributed by atoms with Crippen LogP contribution in [0.4, 0.5) is 11.4 Å². The average molecular weight is 382 g/mol. The molecule has 1 heterocycles. The molecule has 3 rings (SSSR count). The van der Waals surface area contributed by atoms with Crippen molar-refractivity contribution in [1.29, 1.82) is 0 Å². The number of carbonyl (C=O) groups is 3. The fourth-order valence-corrected chi connectivity index (χ4v) is 2.82. The molecule has 146 valence electrons. The molecule has 28 heavy (non-hydrogen) atoms. The van der Waals surface area contributed by atoms with Crippen LogP contribution in [-0.4, -0.2) is 30.0 Å². The molecule has 0 aromatic heterocycles. The van der Waals surface area contributed by atoms with Crippen LogP contribution < -0.4 is 15.4 Å². The van der Waals surface area contributed by atoms with Gasteiger partial charge in [-0.1, -0.05) is 30.3 Å². The zero-order chi connectivity index (χ0) is 20.1. The highest BCUT2D eigenvalue weighted by Crippen LogP contribution is 2.36. The summed E-state index contributed by atoms with van der Waals surface area (Å²) in [6.45, 7) is 3.14. The van der Waals surface area contributed by atoms with E-state index in [1.54, 1.807) is 25.1 Å². The van der Waals surface area contributed by atoms with Gasteiger partial charge < -0.3 is 20.1 Å². The number of carbonyl (C=O) groups excluding carboxylic acids is 3. The highest BCUT2D eigenvalue weighted by molar-refractivity contribution is 6.14. The van der Waals surface area contributed by atoms with E-state index in [4.69, 9.17) is 9.47 Å². The summed E-state index contributed by atoms with van der Waals surface area (Å²) in [6, 6.07) is 14.6. The second kappa shape index (κ2) is 8.12. The van der Waals surface area contributed by atoms with Crippen LogP contribution >= 0.6 is 0 Å². The van der Waals surface area contributed by atoms with Crippen molar-refractivity contribution in [2.24, 2.45) is 0 Å². The summed E-state index contributed by atoms with van der Waals surface area (Å²) in [4.78, 5) is 36.6. The van der Waals surface area contributed by atoms with Crippen LogP contribution in [0.2, 0.25) is 0 Å². The van der Waals surface area contributed by atoms with Crippen molar-refractivity contribution in [2.75, 3.05) is 17.2 Å². The molecule has 2 aromatic rings. The third-order valence-corrected chi connectivity index (χ3v) is 4.41. The molecule has 2 N–H and O–H groups in total. The normalized spacial score (nSPS) is 17.7. The molecule has 0 radical (unpaired) electrons. The lowest BCUT2D eigenvalue weighted by Crippen LogP contribution is -2.55. The van der Waals surface area contributed by atoms with E-state index in [2.05, 4.69) is 10.6 Å². The summed E-state index contributed by atoms with van der Waals surface area (Å²) in [5.41, 5.74) is 0.242. The van der Waals surface area contributed by atoms with Crippen LogP contribution in [-0.2, 0) is 25.5 Å². The monoisotopic (exact) mass is 382 g/mol. The Balaban J connectivity index is 1.68. The zero-order valence-electron chi connectivity index (χ0n) is 15.8. The quantitative estimate of drug-likeness (QED) is 0.592. The Hall–Kier alpha value is -3.35. The van der Waals surface area contributed by atoms with Gasteiger partial charge in [0.2, 0.25) is 5.91 Å². The van der Waals surface area contributed by atoms with Crippen LogP contribution in [0.15, 0.2) is 48.5 Å². The molecule has 1 aliphatic rings. The number of aryl methyl sites for hydroxylation is 1. The SMILES string of the molecule is CCOC(=O)C1(C)Oc2cc(NC(=O)CCc3ccccc3)ccc2NC1=O. The predicted octanol–water partition coefficient (Wildman–Crippen LogP) is 2.91. The Morgan fingerprint density at radius 3 is 2.64 bits per heavy atom. The zero-order valence-corrected chi connectivity index (χ0v) is 15.8. The molecule has 1 aliphatic heterocycles. The molecule has 7 nitrogen and oxygen atoms in total. The van der Waals surface area contributed by atoms with Crippen LogP contribution in [0.25, 0.3) is 0 Å². The van der Waals surface area contributed by atoms with Crippen LogP contribution in [0.1, 0.15) is 25.8 Å². The number of fused-ring (bicyclic) bond motifs is 1. The molecule has 0 saturated carbocycles. The lowest BCUT2D eigenvalue weighted by Gasteiger charge is -2.32. The van der Waals surface area contributed by atoms with Crippen LogP contribution in [0.3, 0.4) is 0 Å². The number of amides is 2. The minimum Gasteiger partial charge on any atom is -0.464 e. The fraction of sp³-hybridized carbons (Fsp3) is 0.286. The third-order valence-electron chi connectivity index (χ3n) is 4.41. The predicted molar refractivity (Wildman–Crippen MR) is 104 cm³/mol. The van der Waals surface area contributed by atoms with Gasteiger partial charge in [-0.3, -0.25) is 9.59 Å². The second-order valence-corrected chi connectivity index (χ2v) is 6.55. The van der Waals surface area contributed by atoms with E-state index >= 15 is 0 Å². The molecule has 0 saturated heterocycles. The van der Waals surface area contributed by atoms with Crippen molar-refractivity contribution in [1.82, 2.24) is 0 Å². The number of esters is 1. The van der Waals surface area contributed by atoms with Gasteiger partial charge in [0.25, 0.3) is 11.5 Å². The Morgan fingerprint density at radius 2 is 1.93 bits per heavy atom. The van der Waals surface area contributed by atoms with Gasteiger partial charge in [-0.2, -0.15) is 0 Å². The number of hydrogen-bond acceptors (Lipinski definition) is 5. The maximum atomic E-state index is 12.3. The van der Waals surface area contributed by atoms with Gasteiger partial charge in [0.05, 0.1) is 12.3 Å². The number of nitrogens with one attached hydrogen (secondary N) is 2. The van der Waals surface area contributed by atoms with E-state index in [1.807, 2.05) is 30.3 Å². The summed E-state index contributed by atoms with van der Waals surface area (Å²) in [7, 11) is 0. The maximum absolute atomic E-state index is 12.3. The van der Waals surface area contributed by atoms with E-state index in [0.29, 0.717) is 24.2 Å². The third kappa shape index (κ3) is 4.14. The molecular weight excluding hydrogens is 360 g/mol. The van der Waals surface area contributed by atoms with Crippen LogP contribution in [0, 0.1) is 0 Å². The fourth-order valence-electron chi connectivity index (χ4n) is 2.82. The first-order valence-corrected chi connectivity index (χ1v) is 9.08. The molecule has 0 aliphatic carbocycles. The number of hydrogen-bond donors (Lipinski definition) is 2. The standard InChI is InChI=1S/C21H22N2O5/c1-3-27-20(26)21(2)19(25)23-16-11-10-15(13-17(16)28-21)22-18(24)12-9-14-7-5-4-6-8-14/h4-8,10-11,13H,3,9,12H2,1-2H3,(H,22,24)(H,23,25). The summed E-state index contributed by atoms with van der Waals surface area (Å²) in [6.07, 6.45) is 0.963. The topological polar surface area (TPSA) is 93.7 Å². The van der Waals surface area contributed by atoms with Crippen molar-refractivity contribution in [3.8, 4) is 5.75 Å². The number of benzene rings is 2. The smallest absolute Gasteiger partial charge is 0.360 e. The molecule has 1 unspecified atom stereocenters. The van der Waals surface area contributed by atoms with Crippen molar-refractivity contribution in [3.05, 3.63) is 54.1 Å². The van der Waals surface area contributed by atoms with Gasteiger partial charge in [-0.15, -0.1) is 0 Å². The van der Waals surface area contributed by atoms with Gasteiger partial charge in [0.1, 0.15) is 5.75 Å². The Kier molecular flexibility index (Phi) is 5.63. The minimum atomic E-state index is -1.78. The van der Waals surface area contributed by atoms with Crippen LogP contribution in [0.5, 0.6) is 5.75 Å². The molecule has 0 spiro atoms. The van der Waals surface area contributed by atoms with Gasteiger partial charge in [0.15, 0.2) is 0 Å². The molecule has 0 bridgehead atoms. The first-order chi connectivity index (χ1) is 13.4. The van der Waals surface area contributed by atoms with Crippen molar-refractivity contribution >= 4 is 29.2 Å². The number of anilines is 2. The van der Waals surface area contributed by atoms with Gasteiger partial charge >= 0.3 is 5.97 Å². The minimum absolute atomic E-state index is 0.134. The highest BCUT2D eigenvalue weighted by Gasteiger charge is 2.48. The van der Waals surface area contributed by atoms with Gasteiger partial charge in [-0.05, 0) is 38.0 Å². The summed E-state index contributed by atoms with van der Waals surface area (Å²) in [5.74, 6) is -1.22. The molecule has 7 heteroatoms. The molecular formula is C21H22N2O5. The largest absolute Gasteiger partial charge is 0.464 e. The summed E-state index contributed by atoms with van der Waals surface area (Å²) in [5, 5.41) is 5.45. The second-order valence-electron chi connectivity index (χ2n) is 6.55. The highest BCUT2D eigenvalue weighted by atomic mass is 16.6. The van der Waals surface area contributed by atoms with E-state index in [9.17, 15) is 14.4 Å². The lowest BCUT2D eigenvalue weighted by atomic mass is 10.0. The first kappa shape index (κ1) is 19.4. The molecule has 2 aromatic carbocycles. The Labute approximate surface area is 163 Å². The van der Waals surface area contributed by atoms with Gasteiger partial charge in [-0.25, -0.2) is 4.79 Å². The molecule has 2 amide bonds. The van der Waals surface area contributed by atoms with E-state index in [1.165, 1.54) is 6.92 Å². The van der Waals surface area contributed by atoms with Crippen molar-refractivity contribution in [3.63, 3.8) is 0 Å². The maximum Gasteiger partial charge on any atom is 0.360 e. The Bertz CT molecular complexity index is 897. The molecule has 1 atom stereocenters. The van der Waals surface area contributed by atoms with E-state index in [0.717, 1.165) is 5.56 Å². The van der Waals surface area contributed by atoms with Gasteiger partial charge in [0, 0.05) is 18.2 Å². The lowest BCUT2D eigenvalue weighted by molar-refractivity contribution is -0.165. The van der Waals surface area contributed by atoms with E-state index < -0.39 is 17.5 Å². The number of rotatable bonds is 6. The van der Waals surface area contributed by atoms with E-state index in [-0.39, 0.29) is 18.3 Å². The first-order valence-electron chi connectivity index (χ1n) is 9.08.